The highest BCUT2D eigenvalue weighted by Crippen LogP contribution is 2.14. The van der Waals surface area contributed by atoms with Crippen molar-refractivity contribution < 1.29 is 4.79 Å². The SMILES string of the molecule is CCCC(CC)C(=O)Nc1ccccc1. The third-order valence-corrected chi connectivity index (χ3v) is 2.54. The fourth-order valence-electron chi connectivity index (χ4n) is 1.63. The highest BCUT2D eigenvalue weighted by Gasteiger charge is 2.14. The van der Waals surface area contributed by atoms with Crippen molar-refractivity contribution in [2.45, 2.75) is 33.1 Å². The summed E-state index contributed by atoms with van der Waals surface area (Å²) in [7, 11) is 0. The maximum absolute atomic E-state index is 11.8. The summed E-state index contributed by atoms with van der Waals surface area (Å²) in [5.74, 6) is 0.292. The molecular weight excluding hydrogens is 186 g/mol. The van der Waals surface area contributed by atoms with Gasteiger partial charge in [-0.3, -0.25) is 4.79 Å². The second-order valence-corrected chi connectivity index (χ2v) is 3.75. The van der Waals surface area contributed by atoms with Gasteiger partial charge in [0.2, 0.25) is 5.91 Å². The number of rotatable bonds is 5. The van der Waals surface area contributed by atoms with Crippen molar-refractivity contribution >= 4 is 11.6 Å². The second-order valence-electron chi connectivity index (χ2n) is 3.75. The van der Waals surface area contributed by atoms with Crippen LogP contribution >= 0.6 is 0 Å². The van der Waals surface area contributed by atoms with Gasteiger partial charge in [0, 0.05) is 11.6 Å². The van der Waals surface area contributed by atoms with E-state index < -0.39 is 0 Å². The first-order chi connectivity index (χ1) is 7.27. The largest absolute Gasteiger partial charge is 0.326 e. The van der Waals surface area contributed by atoms with Crippen LogP contribution in [0.3, 0.4) is 0 Å². The molecule has 0 aliphatic heterocycles. The molecule has 0 heterocycles. The first kappa shape index (κ1) is 11.8. The lowest BCUT2D eigenvalue weighted by molar-refractivity contribution is -0.120. The highest BCUT2D eigenvalue weighted by molar-refractivity contribution is 5.92. The third-order valence-electron chi connectivity index (χ3n) is 2.54. The Kier molecular flexibility index (Phi) is 4.88. The van der Waals surface area contributed by atoms with Crippen molar-refractivity contribution in [1.82, 2.24) is 0 Å². The number of hydrogen-bond acceptors (Lipinski definition) is 1. The van der Waals surface area contributed by atoms with E-state index in [9.17, 15) is 4.79 Å². The van der Waals surface area contributed by atoms with Crippen molar-refractivity contribution in [2.75, 3.05) is 5.32 Å². The second kappa shape index (κ2) is 6.23. The Morgan fingerprint density at radius 3 is 2.47 bits per heavy atom. The van der Waals surface area contributed by atoms with Gasteiger partial charge in [0.15, 0.2) is 0 Å². The van der Waals surface area contributed by atoms with E-state index in [1.54, 1.807) is 0 Å². The molecule has 82 valence electrons. The summed E-state index contributed by atoms with van der Waals surface area (Å²) in [6.07, 6.45) is 2.93. The Balaban J connectivity index is 2.54. The molecule has 1 aromatic rings. The molecule has 0 saturated heterocycles. The molecule has 0 spiro atoms. The lowest BCUT2D eigenvalue weighted by atomic mass is 10.00. The van der Waals surface area contributed by atoms with Gasteiger partial charge in [-0.25, -0.2) is 0 Å². The lowest BCUT2D eigenvalue weighted by Gasteiger charge is -2.13. The van der Waals surface area contributed by atoms with Gasteiger partial charge in [-0.2, -0.15) is 0 Å². The van der Waals surface area contributed by atoms with Crippen LogP contribution < -0.4 is 5.32 Å². The molecule has 0 saturated carbocycles. The number of nitrogens with one attached hydrogen (secondary N) is 1. The molecule has 0 aromatic heterocycles. The smallest absolute Gasteiger partial charge is 0.227 e. The highest BCUT2D eigenvalue weighted by atomic mass is 16.1. The first-order valence-corrected chi connectivity index (χ1v) is 5.63. The van der Waals surface area contributed by atoms with Crippen LogP contribution in [0.15, 0.2) is 30.3 Å². The maximum atomic E-state index is 11.8. The molecule has 1 amide bonds. The summed E-state index contributed by atoms with van der Waals surface area (Å²) in [5.41, 5.74) is 0.886. The van der Waals surface area contributed by atoms with Gasteiger partial charge in [-0.05, 0) is 25.0 Å². The summed E-state index contributed by atoms with van der Waals surface area (Å²) in [6.45, 7) is 4.17. The van der Waals surface area contributed by atoms with Crippen molar-refractivity contribution in [3.05, 3.63) is 30.3 Å². The van der Waals surface area contributed by atoms with Gasteiger partial charge in [0.1, 0.15) is 0 Å². The molecule has 0 fully saturated rings. The molecule has 2 nitrogen and oxygen atoms in total. The zero-order chi connectivity index (χ0) is 11.1. The number of carbonyl (C=O) groups is 1. The summed E-state index contributed by atoms with van der Waals surface area (Å²) in [5, 5.41) is 2.94. The number of amides is 1. The quantitative estimate of drug-likeness (QED) is 0.783. The zero-order valence-corrected chi connectivity index (χ0v) is 9.49. The average molecular weight is 205 g/mol. The van der Waals surface area contributed by atoms with E-state index in [0.29, 0.717) is 0 Å². The van der Waals surface area contributed by atoms with Gasteiger partial charge in [-0.1, -0.05) is 38.5 Å². The van der Waals surface area contributed by atoms with Crippen LogP contribution in [-0.2, 0) is 4.79 Å². The summed E-state index contributed by atoms with van der Waals surface area (Å²) < 4.78 is 0. The Labute approximate surface area is 91.7 Å². The molecule has 0 aliphatic carbocycles. The number of benzene rings is 1. The van der Waals surface area contributed by atoms with Gasteiger partial charge < -0.3 is 5.32 Å². The van der Waals surface area contributed by atoms with Gasteiger partial charge in [0.05, 0.1) is 0 Å². The van der Waals surface area contributed by atoms with Crippen molar-refractivity contribution in [3.8, 4) is 0 Å². The van der Waals surface area contributed by atoms with Crippen molar-refractivity contribution in [3.63, 3.8) is 0 Å². The predicted molar refractivity (Wildman–Crippen MR) is 63.8 cm³/mol. The lowest BCUT2D eigenvalue weighted by Crippen LogP contribution is -2.22. The van der Waals surface area contributed by atoms with Crippen LogP contribution in [-0.4, -0.2) is 5.91 Å². The van der Waals surface area contributed by atoms with E-state index in [1.807, 2.05) is 30.3 Å². The molecule has 1 atom stereocenters. The van der Waals surface area contributed by atoms with Gasteiger partial charge >= 0.3 is 0 Å². The predicted octanol–water partition coefficient (Wildman–Crippen LogP) is 3.45. The topological polar surface area (TPSA) is 29.1 Å². The minimum atomic E-state index is 0.144. The maximum Gasteiger partial charge on any atom is 0.227 e. The fourth-order valence-corrected chi connectivity index (χ4v) is 1.63. The van der Waals surface area contributed by atoms with Crippen LogP contribution in [0.1, 0.15) is 33.1 Å². The Hall–Kier alpha value is -1.31. The van der Waals surface area contributed by atoms with E-state index in [1.165, 1.54) is 0 Å². The van der Waals surface area contributed by atoms with Crippen molar-refractivity contribution in [1.29, 1.82) is 0 Å². The van der Waals surface area contributed by atoms with Crippen LogP contribution in [0.2, 0.25) is 0 Å². The third kappa shape index (κ3) is 3.74. The molecule has 1 rings (SSSR count). The number of para-hydroxylation sites is 1. The molecule has 1 N–H and O–H groups in total. The summed E-state index contributed by atoms with van der Waals surface area (Å²) in [6, 6.07) is 9.62. The minimum Gasteiger partial charge on any atom is -0.326 e. The molecule has 0 bridgehead atoms. The monoisotopic (exact) mass is 205 g/mol. The molecule has 0 aliphatic rings. The van der Waals surface area contributed by atoms with E-state index >= 15 is 0 Å². The Bertz CT molecular complexity index is 295. The molecule has 1 unspecified atom stereocenters. The average Bonchev–Trinajstić information content (AvgIpc) is 2.27. The van der Waals surface area contributed by atoms with Gasteiger partial charge in [0.25, 0.3) is 0 Å². The molecule has 2 heteroatoms. The standard InChI is InChI=1S/C13H19NO/c1-3-8-11(4-2)13(15)14-12-9-6-5-7-10-12/h5-7,9-11H,3-4,8H2,1-2H3,(H,14,15). The first-order valence-electron chi connectivity index (χ1n) is 5.63. The van der Waals surface area contributed by atoms with E-state index in [4.69, 9.17) is 0 Å². The fraction of sp³-hybridized carbons (Fsp3) is 0.462. The van der Waals surface area contributed by atoms with Crippen molar-refractivity contribution in [2.24, 2.45) is 5.92 Å². The number of hydrogen-bond donors (Lipinski definition) is 1. The Morgan fingerprint density at radius 2 is 1.93 bits per heavy atom. The van der Waals surface area contributed by atoms with Crippen LogP contribution in [0.25, 0.3) is 0 Å². The molecule has 1 aromatic carbocycles. The summed E-state index contributed by atoms with van der Waals surface area (Å²) >= 11 is 0. The number of anilines is 1. The van der Waals surface area contributed by atoms with E-state index in [0.717, 1.165) is 24.9 Å². The van der Waals surface area contributed by atoms with E-state index in [2.05, 4.69) is 19.2 Å². The van der Waals surface area contributed by atoms with Crippen LogP contribution in [0, 0.1) is 5.92 Å². The van der Waals surface area contributed by atoms with E-state index in [-0.39, 0.29) is 11.8 Å². The molecule has 0 radical (unpaired) electrons. The number of carbonyl (C=O) groups excluding carboxylic acids is 1. The molecular formula is C13H19NO. The zero-order valence-electron chi connectivity index (χ0n) is 9.49. The Morgan fingerprint density at radius 1 is 1.27 bits per heavy atom. The van der Waals surface area contributed by atoms with Crippen LogP contribution in [0.5, 0.6) is 0 Å². The molecule has 15 heavy (non-hydrogen) atoms. The summed E-state index contributed by atoms with van der Waals surface area (Å²) in [4.78, 5) is 11.8. The van der Waals surface area contributed by atoms with Crippen LogP contribution in [0.4, 0.5) is 5.69 Å². The van der Waals surface area contributed by atoms with Gasteiger partial charge in [-0.15, -0.1) is 0 Å². The normalized spacial score (nSPS) is 12.1. The minimum absolute atomic E-state index is 0.144.